The first-order valence-corrected chi connectivity index (χ1v) is 8.30. The molecule has 4 nitrogen and oxygen atoms in total. The summed E-state index contributed by atoms with van der Waals surface area (Å²) in [5.74, 6) is 0. The van der Waals surface area contributed by atoms with E-state index in [4.69, 9.17) is 23.2 Å². The third-order valence-electron chi connectivity index (χ3n) is 2.87. The second-order valence-electron chi connectivity index (χ2n) is 4.45. The van der Waals surface area contributed by atoms with Gasteiger partial charge in [-0.05, 0) is 36.8 Å². The fourth-order valence-corrected chi connectivity index (χ4v) is 3.42. The Balaban J connectivity index is 2.34. The molecule has 112 valence electrons. The summed E-state index contributed by atoms with van der Waals surface area (Å²) in [7, 11) is -3.80. The minimum absolute atomic E-state index is 0.0582. The molecule has 0 radical (unpaired) electrons. The van der Waals surface area contributed by atoms with E-state index in [0.29, 0.717) is 5.56 Å². The van der Waals surface area contributed by atoms with Gasteiger partial charge >= 0.3 is 0 Å². The van der Waals surface area contributed by atoms with E-state index in [9.17, 15) is 13.5 Å². The lowest BCUT2D eigenvalue weighted by molar-refractivity contribution is 0.199. The van der Waals surface area contributed by atoms with Crippen LogP contribution >= 0.6 is 23.2 Å². The molecule has 0 saturated carbocycles. The number of aliphatic hydroxyl groups is 1. The number of para-hydroxylation sites is 1. The van der Waals surface area contributed by atoms with Crippen LogP contribution in [0.1, 0.15) is 18.6 Å². The van der Waals surface area contributed by atoms with Crippen LogP contribution in [0.15, 0.2) is 47.4 Å². The lowest BCUT2D eigenvalue weighted by atomic mass is 10.1. The molecule has 0 aliphatic carbocycles. The number of hydrogen-bond donors (Lipinski definition) is 2. The zero-order valence-corrected chi connectivity index (χ0v) is 13.4. The Morgan fingerprint density at radius 2 is 1.57 bits per heavy atom. The molecule has 0 aliphatic heterocycles. The fourth-order valence-electron chi connectivity index (χ4n) is 1.71. The quantitative estimate of drug-likeness (QED) is 0.884. The van der Waals surface area contributed by atoms with Gasteiger partial charge in [0.1, 0.15) is 0 Å². The lowest BCUT2D eigenvalue weighted by Gasteiger charge is -2.12. The topological polar surface area (TPSA) is 66.4 Å². The van der Waals surface area contributed by atoms with Gasteiger partial charge in [-0.3, -0.25) is 4.72 Å². The van der Waals surface area contributed by atoms with Crippen molar-refractivity contribution in [2.75, 3.05) is 4.72 Å². The van der Waals surface area contributed by atoms with Crippen molar-refractivity contribution in [1.29, 1.82) is 0 Å². The summed E-state index contributed by atoms with van der Waals surface area (Å²) in [6.07, 6.45) is -0.660. The lowest BCUT2D eigenvalue weighted by Crippen LogP contribution is -2.13. The second kappa shape index (κ2) is 6.23. The number of halogens is 2. The van der Waals surface area contributed by atoms with Gasteiger partial charge in [0.05, 0.1) is 26.7 Å². The Morgan fingerprint density at radius 3 is 2.05 bits per heavy atom. The van der Waals surface area contributed by atoms with Crippen LogP contribution in [0.3, 0.4) is 0 Å². The summed E-state index contributed by atoms with van der Waals surface area (Å²) in [4.78, 5) is 0.0582. The van der Waals surface area contributed by atoms with E-state index in [0.717, 1.165) is 0 Å². The van der Waals surface area contributed by atoms with Crippen LogP contribution in [0.5, 0.6) is 0 Å². The second-order valence-corrected chi connectivity index (χ2v) is 6.94. The zero-order valence-electron chi connectivity index (χ0n) is 11.0. The molecule has 0 bridgehead atoms. The molecule has 0 spiro atoms. The summed E-state index contributed by atoms with van der Waals surface area (Å²) < 4.78 is 27.0. The molecule has 21 heavy (non-hydrogen) atoms. The van der Waals surface area contributed by atoms with Crippen molar-refractivity contribution in [2.24, 2.45) is 0 Å². The highest BCUT2D eigenvalue weighted by Gasteiger charge is 2.17. The summed E-state index contributed by atoms with van der Waals surface area (Å²) >= 11 is 11.9. The normalized spacial score (nSPS) is 13.0. The average molecular weight is 346 g/mol. The van der Waals surface area contributed by atoms with Crippen molar-refractivity contribution in [3.8, 4) is 0 Å². The molecule has 2 aromatic rings. The Bertz CT molecular complexity index is 723. The van der Waals surface area contributed by atoms with Crippen molar-refractivity contribution in [2.45, 2.75) is 17.9 Å². The van der Waals surface area contributed by atoms with Crippen LogP contribution in [0, 0.1) is 0 Å². The summed E-state index contributed by atoms with van der Waals surface area (Å²) in [5, 5.41) is 9.85. The van der Waals surface area contributed by atoms with Crippen LogP contribution < -0.4 is 4.72 Å². The third kappa shape index (κ3) is 3.68. The molecule has 1 atom stereocenters. The van der Waals surface area contributed by atoms with Gasteiger partial charge < -0.3 is 5.11 Å². The summed E-state index contributed by atoms with van der Waals surface area (Å²) in [6.45, 7) is 1.60. The van der Waals surface area contributed by atoms with Gasteiger partial charge in [0, 0.05) is 0 Å². The van der Waals surface area contributed by atoms with E-state index in [-0.39, 0.29) is 20.6 Å². The Kier molecular flexibility index (Phi) is 4.78. The monoisotopic (exact) mass is 345 g/mol. The molecule has 0 heterocycles. The van der Waals surface area contributed by atoms with Crippen molar-refractivity contribution >= 4 is 38.9 Å². The van der Waals surface area contributed by atoms with E-state index in [1.807, 2.05) is 0 Å². The maximum atomic E-state index is 12.3. The number of rotatable bonds is 4. The van der Waals surface area contributed by atoms with Gasteiger partial charge in [-0.25, -0.2) is 8.42 Å². The highest BCUT2D eigenvalue weighted by molar-refractivity contribution is 7.92. The first kappa shape index (κ1) is 16.1. The van der Waals surface area contributed by atoms with Crippen molar-refractivity contribution in [3.05, 3.63) is 58.1 Å². The average Bonchev–Trinajstić information content (AvgIpc) is 2.43. The number of nitrogens with one attached hydrogen (secondary N) is 1. The van der Waals surface area contributed by atoms with Crippen molar-refractivity contribution in [1.82, 2.24) is 0 Å². The van der Waals surface area contributed by atoms with Gasteiger partial charge in [-0.15, -0.1) is 0 Å². The zero-order chi connectivity index (χ0) is 15.6. The van der Waals surface area contributed by atoms with E-state index in [1.165, 1.54) is 12.1 Å². The highest BCUT2D eigenvalue weighted by Crippen LogP contribution is 2.31. The number of benzene rings is 2. The SMILES string of the molecule is CC(O)c1ccc(S(=O)(=O)Nc2c(Cl)cccc2Cl)cc1. The summed E-state index contributed by atoms with van der Waals surface area (Å²) in [5.41, 5.74) is 0.769. The van der Waals surface area contributed by atoms with Crippen molar-refractivity contribution < 1.29 is 13.5 Å². The number of sulfonamides is 1. The number of hydrogen-bond acceptors (Lipinski definition) is 3. The highest BCUT2D eigenvalue weighted by atomic mass is 35.5. The molecule has 0 saturated heterocycles. The maximum absolute atomic E-state index is 12.3. The van der Waals surface area contributed by atoms with Crippen LogP contribution in [0.4, 0.5) is 5.69 Å². The number of anilines is 1. The smallest absolute Gasteiger partial charge is 0.261 e. The Morgan fingerprint density at radius 1 is 1.05 bits per heavy atom. The van der Waals surface area contributed by atoms with Gasteiger partial charge in [0.2, 0.25) is 0 Å². The molecule has 2 N–H and O–H groups in total. The minimum atomic E-state index is -3.80. The van der Waals surface area contributed by atoms with Gasteiger partial charge in [-0.1, -0.05) is 41.4 Å². The molecule has 2 aromatic carbocycles. The fraction of sp³-hybridized carbons (Fsp3) is 0.143. The molecule has 7 heteroatoms. The van der Waals surface area contributed by atoms with E-state index in [2.05, 4.69) is 4.72 Å². The molecule has 2 rings (SSSR count). The number of aliphatic hydroxyl groups excluding tert-OH is 1. The molecule has 0 amide bonds. The van der Waals surface area contributed by atoms with Crippen LogP contribution in [0.2, 0.25) is 10.0 Å². The predicted octanol–water partition coefficient (Wildman–Crippen LogP) is 3.85. The maximum Gasteiger partial charge on any atom is 0.261 e. The molecule has 0 aromatic heterocycles. The van der Waals surface area contributed by atoms with E-state index in [1.54, 1.807) is 37.3 Å². The third-order valence-corrected chi connectivity index (χ3v) is 4.87. The predicted molar refractivity (Wildman–Crippen MR) is 84.3 cm³/mol. The van der Waals surface area contributed by atoms with Gasteiger partial charge in [-0.2, -0.15) is 0 Å². The minimum Gasteiger partial charge on any atom is -0.389 e. The molecular formula is C14H13Cl2NO3S. The van der Waals surface area contributed by atoms with Gasteiger partial charge in [0.15, 0.2) is 0 Å². The molecule has 1 unspecified atom stereocenters. The Hall–Kier alpha value is -1.27. The van der Waals surface area contributed by atoms with Crippen LogP contribution in [0.25, 0.3) is 0 Å². The van der Waals surface area contributed by atoms with Crippen LogP contribution in [-0.2, 0) is 10.0 Å². The van der Waals surface area contributed by atoms with Crippen molar-refractivity contribution in [3.63, 3.8) is 0 Å². The first-order valence-electron chi connectivity index (χ1n) is 6.06. The van der Waals surface area contributed by atoms with Gasteiger partial charge in [0.25, 0.3) is 10.0 Å². The molecular weight excluding hydrogens is 333 g/mol. The molecule has 0 fully saturated rings. The van der Waals surface area contributed by atoms with Crippen LogP contribution in [-0.4, -0.2) is 13.5 Å². The summed E-state index contributed by atoms with van der Waals surface area (Å²) in [6, 6.07) is 10.6. The molecule has 0 aliphatic rings. The standard InChI is InChI=1S/C14H13Cl2NO3S/c1-9(18)10-5-7-11(8-6-10)21(19,20)17-14-12(15)3-2-4-13(14)16/h2-9,17-18H,1H3. The Labute approximate surface area is 133 Å². The van der Waals surface area contributed by atoms with E-state index >= 15 is 0 Å². The largest absolute Gasteiger partial charge is 0.389 e. The first-order chi connectivity index (χ1) is 9.81. The van der Waals surface area contributed by atoms with E-state index < -0.39 is 16.1 Å².